The Morgan fingerprint density at radius 1 is 0.767 bits per heavy atom. The second-order valence-electron chi connectivity index (χ2n) is 8.74. The van der Waals surface area contributed by atoms with E-state index in [-0.39, 0.29) is 13.2 Å². The first-order chi connectivity index (χ1) is 14.7. The summed E-state index contributed by atoms with van der Waals surface area (Å²) in [6.07, 6.45) is 20.7. The third-order valence-corrected chi connectivity index (χ3v) is 6.00. The van der Waals surface area contributed by atoms with Crippen molar-refractivity contribution in [2.75, 3.05) is 19.8 Å². The second kappa shape index (κ2) is 19.2. The van der Waals surface area contributed by atoms with E-state index in [1.165, 1.54) is 83.5 Å². The lowest BCUT2D eigenvalue weighted by Crippen LogP contribution is -2.55. The first kappa shape index (κ1) is 27.6. The van der Waals surface area contributed by atoms with Crippen molar-refractivity contribution in [3.63, 3.8) is 0 Å². The fourth-order valence-electron chi connectivity index (χ4n) is 3.92. The summed E-state index contributed by atoms with van der Waals surface area (Å²) in [6, 6.07) is 0. The first-order valence-corrected chi connectivity index (χ1v) is 12.6. The van der Waals surface area contributed by atoms with Crippen LogP contribution >= 0.6 is 0 Å². The summed E-state index contributed by atoms with van der Waals surface area (Å²) < 4.78 is 11.0. The monoisotopic (exact) mass is 428 g/mol. The number of hydrogen-bond acceptors (Lipinski definition) is 5. The van der Waals surface area contributed by atoms with Crippen molar-refractivity contribution in [3.05, 3.63) is 12.2 Å². The summed E-state index contributed by atoms with van der Waals surface area (Å²) in [5.74, 6) is 0. The molecular weight excluding hydrogens is 380 g/mol. The van der Waals surface area contributed by atoms with Crippen molar-refractivity contribution in [1.82, 2.24) is 0 Å². The fraction of sp³-hybridized carbons (Fsp3) is 0.920. The van der Waals surface area contributed by atoms with Gasteiger partial charge in [0, 0.05) is 6.61 Å². The number of ether oxygens (including phenoxy) is 2. The highest BCUT2D eigenvalue weighted by Gasteiger charge is 2.38. The van der Waals surface area contributed by atoms with Crippen LogP contribution in [0.1, 0.15) is 103 Å². The van der Waals surface area contributed by atoms with Crippen LogP contribution in [0.2, 0.25) is 0 Å². The minimum Gasteiger partial charge on any atom is -0.394 e. The van der Waals surface area contributed by atoms with E-state index >= 15 is 0 Å². The molecule has 1 aliphatic rings. The van der Waals surface area contributed by atoms with E-state index in [0.29, 0.717) is 6.61 Å². The van der Waals surface area contributed by atoms with Gasteiger partial charge in [-0.05, 0) is 32.1 Å². The van der Waals surface area contributed by atoms with Crippen molar-refractivity contribution in [1.29, 1.82) is 0 Å². The van der Waals surface area contributed by atoms with E-state index in [9.17, 15) is 10.2 Å². The molecule has 0 aromatic carbocycles. The van der Waals surface area contributed by atoms with Gasteiger partial charge < -0.3 is 24.8 Å². The van der Waals surface area contributed by atoms with E-state index in [0.717, 1.165) is 12.8 Å². The van der Waals surface area contributed by atoms with Crippen LogP contribution in [0.25, 0.3) is 0 Å². The zero-order valence-electron chi connectivity index (χ0n) is 19.4. The maximum Gasteiger partial charge on any atom is 0.111 e. The van der Waals surface area contributed by atoms with Crippen LogP contribution in [0.5, 0.6) is 0 Å². The van der Waals surface area contributed by atoms with Gasteiger partial charge >= 0.3 is 0 Å². The topological polar surface area (TPSA) is 79.2 Å². The van der Waals surface area contributed by atoms with Crippen LogP contribution in [-0.4, -0.2) is 59.6 Å². The molecule has 0 aromatic rings. The van der Waals surface area contributed by atoms with Crippen LogP contribution < -0.4 is 0 Å². The molecule has 30 heavy (non-hydrogen) atoms. The van der Waals surface area contributed by atoms with Gasteiger partial charge in [-0.25, -0.2) is 0 Å². The van der Waals surface area contributed by atoms with Crippen LogP contribution in [0.15, 0.2) is 12.2 Å². The second-order valence-corrected chi connectivity index (χ2v) is 8.74. The maximum absolute atomic E-state index is 10.0. The van der Waals surface area contributed by atoms with Gasteiger partial charge in [-0.1, -0.05) is 83.3 Å². The molecule has 0 spiro atoms. The summed E-state index contributed by atoms with van der Waals surface area (Å²) in [4.78, 5) is 0. The molecule has 1 aliphatic heterocycles. The average Bonchev–Trinajstić information content (AvgIpc) is 2.75. The van der Waals surface area contributed by atoms with Gasteiger partial charge in [0.15, 0.2) is 0 Å². The van der Waals surface area contributed by atoms with E-state index in [1.54, 1.807) is 0 Å². The number of rotatable bonds is 19. The van der Waals surface area contributed by atoms with Crippen molar-refractivity contribution < 1.29 is 24.8 Å². The normalized spacial score (nSPS) is 24.7. The smallest absolute Gasteiger partial charge is 0.111 e. The third-order valence-electron chi connectivity index (χ3n) is 6.00. The number of allylic oxidation sites excluding steroid dienone is 2. The molecule has 0 bridgehead atoms. The molecule has 0 aliphatic carbocycles. The Balaban J connectivity index is 1.82. The van der Waals surface area contributed by atoms with Gasteiger partial charge in [0.2, 0.25) is 0 Å². The number of unbranched alkanes of at least 4 members (excludes halogenated alkanes) is 13. The summed E-state index contributed by atoms with van der Waals surface area (Å²) in [6.45, 7) is 2.77. The summed E-state index contributed by atoms with van der Waals surface area (Å²) in [5.41, 5.74) is 0. The molecule has 0 unspecified atom stereocenters. The van der Waals surface area contributed by atoms with Gasteiger partial charge in [-0.2, -0.15) is 0 Å². The predicted molar refractivity (Wildman–Crippen MR) is 123 cm³/mol. The molecule has 4 atom stereocenters. The minimum absolute atomic E-state index is 0.219. The Morgan fingerprint density at radius 2 is 1.30 bits per heavy atom. The van der Waals surface area contributed by atoms with Gasteiger partial charge in [-0.3, -0.25) is 0 Å². The SMILES string of the molecule is CCCCCCCC/C=C/CCCCCCCCCO[C@H]1CO[C@H](CO)[C@@H](O)[C@@H]1O. The highest BCUT2D eigenvalue weighted by molar-refractivity contribution is 4.87. The van der Waals surface area contributed by atoms with Crippen molar-refractivity contribution in [2.45, 2.75) is 128 Å². The molecule has 5 nitrogen and oxygen atoms in total. The summed E-state index contributed by atoms with van der Waals surface area (Å²) >= 11 is 0. The maximum atomic E-state index is 10.0. The molecular formula is C25H48O5. The van der Waals surface area contributed by atoms with Crippen molar-refractivity contribution >= 4 is 0 Å². The summed E-state index contributed by atoms with van der Waals surface area (Å²) in [7, 11) is 0. The Hall–Kier alpha value is -0.460. The lowest BCUT2D eigenvalue weighted by Gasteiger charge is -2.36. The van der Waals surface area contributed by atoms with E-state index in [1.807, 2.05) is 0 Å². The standard InChI is InChI=1S/C25H48O5/c1-2-3-4-5-6-7-8-9-10-11-12-13-14-15-16-17-18-19-29-23-21-30-22(20-26)24(27)25(23)28/h9-10,22-28H,2-8,11-21H2,1H3/b10-9+/t22-,23+,24-,25-/m1/s1. The molecule has 1 saturated heterocycles. The lowest BCUT2D eigenvalue weighted by molar-refractivity contribution is -0.208. The zero-order chi connectivity index (χ0) is 21.9. The van der Waals surface area contributed by atoms with Crippen LogP contribution in [0.4, 0.5) is 0 Å². The molecule has 0 saturated carbocycles. The molecule has 1 rings (SSSR count). The van der Waals surface area contributed by atoms with E-state index in [4.69, 9.17) is 14.6 Å². The predicted octanol–water partition coefficient (Wildman–Crippen LogP) is 4.91. The number of aliphatic hydroxyl groups excluding tert-OH is 3. The van der Waals surface area contributed by atoms with Gasteiger partial charge in [0.25, 0.3) is 0 Å². The van der Waals surface area contributed by atoms with Crippen LogP contribution in [0, 0.1) is 0 Å². The zero-order valence-corrected chi connectivity index (χ0v) is 19.4. The van der Waals surface area contributed by atoms with Gasteiger partial charge in [0.05, 0.1) is 13.2 Å². The van der Waals surface area contributed by atoms with E-state index in [2.05, 4.69) is 19.1 Å². The molecule has 5 heteroatoms. The Morgan fingerprint density at radius 3 is 1.87 bits per heavy atom. The molecule has 0 aromatic heterocycles. The quantitative estimate of drug-likeness (QED) is 0.201. The average molecular weight is 429 g/mol. The van der Waals surface area contributed by atoms with Crippen molar-refractivity contribution in [2.24, 2.45) is 0 Å². The Kier molecular flexibility index (Phi) is 17.7. The molecule has 3 N–H and O–H groups in total. The number of aliphatic hydroxyl groups is 3. The molecule has 178 valence electrons. The van der Waals surface area contributed by atoms with Crippen LogP contribution in [-0.2, 0) is 9.47 Å². The number of hydrogen-bond donors (Lipinski definition) is 3. The molecule has 0 amide bonds. The molecule has 0 radical (unpaired) electrons. The highest BCUT2D eigenvalue weighted by atomic mass is 16.6. The molecule has 1 fully saturated rings. The largest absolute Gasteiger partial charge is 0.394 e. The summed E-state index contributed by atoms with van der Waals surface area (Å²) in [5, 5.41) is 28.9. The fourth-order valence-corrected chi connectivity index (χ4v) is 3.92. The molecule has 1 heterocycles. The van der Waals surface area contributed by atoms with Crippen LogP contribution in [0.3, 0.4) is 0 Å². The van der Waals surface area contributed by atoms with E-state index < -0.39 is 24.4 Å². The van der Waals surface area contributed by atoms with Gasteiger partial charge in [0.1, 0.15) is 24.4 Å². The van der Waals surface area contributed by atoms with Gasteiger partial charge in [-0.15, -0.1) is 0 Å². The first-order valence-electron chi connectivity index (χ1n) is 12.6. The third kappa shape index (κ3) is 13.1. The minimum atomic E-state index is -1.08. The lowest BCUT2D eigenvalue weighted by atomic mass is 10.0. The highest BCUT2D eigenvalue weighted by Crippen LogP contribution is 2.18. The Bertz CT molecular complexity index is 401. The van der Waals surface area contributed by atoms with Crippen molar-refractivity contribution in [3.8, 4) is 0 Å². The Labute approximate surface area is 184 Å².